The smallest absolute Gasteiger partial charge is 0.335 e. The highest BCUT2D eigenvalue weighted by atomic mass is 19.1. The fourth-order valence-electron chi connectivity index (χ4n) is 3.66. The van der Waals surface area contributed by atoms with Crippen molar-refractivity contribution < 1.29 is 28.2 Å². The topological polar surface area (TPSA) is 88.8 Å². The van der Waals surface area contributed by atoms with Gasteiger partial charge in [-0.15, -0.1) is 0 Å². The number of nitrogens with one attached hydrogen (secondary N) is 1. The van der Waals surface area contributed by atoms with E-state index < -0.39 is 5.97 Å². The van der Waals surface area contributed by atoms with E-state index in [1.165, 1.54) is 30.3 Å². The highest BCUT2D eigenvalue weighted by Crippen LogP contribution is 2.37. The van der Waals surface area contributed by atoms with Crippen LogP contribution in [0.3, 0.4) is 0 Å². The van der Waals surface area contributed by atoms with Crippen molar-refractivity contribution in [3.8, 4) is 16.9 Å². The average molecular weight is 459 g/mol. The Morgan fingerprint density at radius 1 is 1.09 bits per heavy atom. The summed E-state index contributed by atoms with van der Waals surface area (Å²) in [6.07, 6.45) is 3.09. The van der Waals surface area contributed by atoms with E-state index in [2.05, 4.69) is 5.32 Å². The van der Waals surface area contributed by atoms with Gasteiger partial charge >= 0.3 is 5.97 Å². The summed E-state index contributed by atoms with van der Waals surface area (Å²) in [6.45, 7) is 2.07. The Morgan fingerprint density at radius 3 is 2.44 bits per heavy atom. The number of carbonyl (C=O) groups is 2. The van der Waals surface area contributed by atoms with Crippen LogP contribution in [0.15, 0.2) is 77.4 Å². The predicted molar refractivity (Wildman–Crippen MR) is 127 cm³/mol. The third kappa shape index (κ3) is 4.83. The molecule has 0 aliphatic rings. The predicted octanol–water partition coefficient (Wildman–Crippen LogP) is 5.67. The number of rotatable bonds is 7. The molecule has 34 heavy (non-hydrogen) atoms. The second-order valence-electron chi connectivity index (χ2n) is 7.75. The minimum Gasteiger partial charge on any atom is -0.496 e. The number of fused-ring (bicyclic) bond motifs is 1. The van der Waals surface area contributed by atoms with Gasteiger partial charge in [-0.05, 0) is 54.0 Å². The summed E-state index contributed by atoms with van der Waals surface area (Å²) in [4.78, 5) is 23.5. The molecule has 4 aromatic rings. The zero-order valence-electron chi connectivity index (χ0n) is 18.6. The van der Waals surface area contributed by atoms with Gasteiger partial charge < -0.3 is 19.6 Å². The maximum absolute atomic E-state index is 13.3. The van der Waals surface area contributed by atoms with E-state index in [4.69, 9.17) is 14.3 Å². The highest BCUT2D eigenvalue weighted by Gasteiger charge is 2.15. The summed E-state index contributed by atoms with van der Waals surface area (Å²) in [5.74, 6) is -1.06. The number of carboxylic acid groups (broad SMARTS) is 1. The maximum Gasteiger partial charge on any atom is 0.335 e. The van der Waals surface area contributed by atoms with Crippen LogP contribution in [0.4, 0.5) is 4.39 Å². The highest BCUT2D eigenvalue weighted by molar-refractivity contribution is 6.00. The summed E-state index contributed by atoms with van der Waals surface area (Å²) >= 11 is 0. The van der Waals surface area contributed by atoms with Crippen molar-refractivity contribution in [2.45, 2.75) is 13.5 Å². The van der Waals surface area contributed by atoms with Gasteiger partial charge in [0.1, 0.15) is 17.1 Å². The number of ether oxygens (including phenoxy) is 1. The lowest BCUT2D eigenvalue weighted by Gasteiger charge is -2.10. The van der Waals surface area contributed by atoms with Crippen molar-refractivity contribution in [3.05, 3.63) is 95.5 Å². The van der Waals surface area contributed by atoms with Crippen LogP contribution in [-0.2, 0) is 11.3 Å². The maximum atomic E-state index is 13.3. The first-order valence-corrected chi connectivity index (χ1v) is 10.5. The molecular formula is C27H22FNO5. The Balaban J connectivity index is 1.58. The monoisotopic (exact) mass is 459 g/mol. The average Bonchev–Trinajstić information content (AvgIpc) is 3.25. The summed E-state index contributed by atoms with van der Waals surface area (Å²) in [5, 5.41) is 12.6. The van der Waals surface area contributed by atoms with Crippen LogP contribution in [0.1, 0.15) is 28.4 Å². The lowest BCUT2D eigenvalue weighted by molar-refractivity contribution is -0.116. The van der Waals surface area contributed by atoms with Crippen LogP contribution in [0.2, 0.25) is 0 Å². The van der Waals surface area contributed by atoms with E-state index in [-0.39, 0.29) is 23.8 Å². The quantitative estimate of drug-likeness (QED) is 0.348. The fourth-order valence-corrected chi connectivity index (χ4v) is 3.66. The SMILES string of the molecule is COc1cc2occ(-c3ccc(F)cc3)c2cc1/C(C)=C/C(=O)NCc1ccc(C(=O)O)cc1. The Hall–Kier alpha value is -4.39. The number of hydrogen-bond acceptors (Lipinski definition) is 4. The van der Waals surface area contributed by atoms with Crippen LogP contribution in [0.25, 0.3) is 27.7 Å². The second-order valence-corrected chi connectivity index (χ2v) is 7.75. The zero-order valence-corrected chi connectivity index (χ0v) is 18.6. The number of carbonyl (C=O) groups excluding carboxylic acids is 1. The zero-order chi connectivity index (χ0) is 24.2. The molecule has 172 valence electrons. The molecule has 0 bridgehead atoms. The number of halogens is 1. The lowest BCUT2D eigenvalue weighted by atomic mass is 9.99. The molecule has 1 aromatic heterocycles. The molecule has 1 amide bonds. The summed E-state index contributed by atoms with van der Waals surface area (Å²) in [7, 11) is 1.54. The van der Waals surface area contributed by atoms with E-state index in [0.29, 0.717) is 16.9 Å². The molecule has 0 aliphatic carbocycles. The van der Waals surface area contributed by atoms with Gasteiger partial charge in [0.2, 0.25) is 5.91 Å². The Labute approximate surface area is 195 Å². The van der Waals surface area contributed by atoms with E-state index in [1.54, 1.807) is 43.7 Å². The molecule has 0 atom stereocenters. The van der Waals surface area contributed by atoms with E-state index in [9.17, 15) is 14.0 Å². The van der Waals surface area contributed by atoms with Crippen LogP contribution in [0.5, 0.6) is 5.75 Å². The van der Waals surface area contributed by atoms with Crippen molar-refractivity contribution in [1.29, 1.82) is 0 Å². The molecular weight excluding hydrogens is 437 g/mol. The first-order chi connectivity index (χ1) is 16.4. The third-order valence-electron chi connectivity index (χ3n) is 5.49. The van der Waals surface area contributed by atoms with Gasteiger partial charge in [-0.2, -0.15) is 0 Å². The number of methoxy groups -OCH3 is 1. The molecule has 0 spiro atoms. The van der Waals surface area contributed by atoms with Crippen LogP contribution in [0, 0.1) is 5.82 Å². The van der Waals surface area contributed by atoms with Gasteiger partial charge in [0.15, 0.2) is 0 Å². The molecule has 0 radical (unpaired) electrons. The lowest BCUT2D eigenvalue weighted by Crippen LogP contribution is -2.20. The second kappa shape index (κ2) is 9.62. The summed E-state index contributed by atoms with van der Waals surface area (Å²) in [6, 6.07) is 16.1. The number of aromatic carboxylic acids is 1. The molecule has 2 N–H and O–H groups in total. The standard InChI is InChI=1S/C27H22FNO5/c1-16(11-26(30)29-14-17-3-5-19(6-4-17)27(31)32)21-12-22-23(18-7-9-20(28)10-8-18)15-34-25(22)13-24(21)33-2/h3-13,15H,14H2,1-2H3,(H,29,30)(H,31,32)/b16-11+. The number of carboxylic acids is 1. The number of amides is 1. The van der Waals surface area contributed by atoms with Crippen molar-refractivity contribution >= 4 is 28.4 Å². The summed E-state index contributed by atoms with van der Waals surface area (Å²) < 4.78 is 24.6. The Bertz CT molecular complexity index is 1390. The van der Waals surface area contributed by atoms with Gasteiger partial charge in [0.05, 0.1) is 18.9 Å². The van der Waals surface area contributed by atoms with E-state index in [0.717, 1.165) is 27.6 Å². The van der Waals surface area contributed by atoms with Crippen molar-refractivity contribution in [2.75, 3.05) is 7.11 Å². The van der Waals surface area contributed by atoms with Gasteiger partial charge in [0, 0.05) is 35.2 Å². The first-order valence-electron chi connectivity index (χ1n) is 10.5. The van der Waals surface area contributed by atoms with Crippen LogP contribution < -0.4 is 10.1 Å². The fraction of sp³-hybridized carbons (Fsp3) is 0.111. The molecule has 0 saturated carbocycles. The Kier molecular flexibility index (Phi) is 6.45. The van der Waals surface area contributed by atoms with Gasteiger partial charge in [0.25, 0.3) is 0 Å². The minimum atomic E-state index is -1.000. The number of furan rings is 1. The first kappa shape index (κ1) is 22.8. The number of allylic oxidation sites excluding steroid dienone is 1. The molecule has 1 heterocycles. The van der Waals surface area contributed by atoms with Crippen molar-refractivity contribution in [3.63, 3.8) is 0 Å². The van der Waals surface area contributed by atoms with Crippen LogP contribution >= 0.6 is 0 Å². The van der Waals surface area contributed by atoms with Crippen molar-refractivity contribution in [1.82, 2.24) is 5.32 Å². The minimum absolute atomic E-state index is 0.188. The number of hydrogen-bond donors (Lipinski definition) is 2. The summed E-state index contributed by atoms with van der Waals surface area (Å²) in [5.41, 5.74) is 4.61. The molecule has 0 unspecified atom stereocenters. The molecule has 6 nitrogen and oxygen atoms in total. The Morgan fingerprint density at radius 2 is 1.79 bits per heavy atom. The van der Waals surface area contributed by atoms with Gasteiger partial charge in [-0.3, -0.25) is 4.79 Å². The third-order valence-corrected chi connectivity index (χ3v) is 5.49. The molecule has 4 rings (SSSR count). The molecule has 0 saturated heterocycles. The molecule has 0 fully saturated rings. The van der Waals surface area contributed by atoms with Gasteiger partial charge in [-0.25, -0.2) is 9.18 Å². The van der Waals surface area contributed by atoms with Crippen molar-refractivity contribution in [2.24, 2.45) is 0 Å². The largest absolute Gasteiger partial charge is 0.496 e. The van der Waals surface area contributed by atoms with Gasteiger partial charge in [-0.1, -0.05) is 24.3 Å². The normalized spacial score (nSPS) is 11.4. The van der Waals surface area contributed by atoms with E-state index in [1.807, 2.05) is 13.0 Å². The van der Waals surface area contributed by atoms with Crippen LogP contribution in [-0.4, -0.2) is 24.1 Å². The molecule has 0 aliphatic heterocycles. The molecule has 3 aromatic carbocycles. The number of benzene rings is 3. The van der Waals surface area contributed by atoms with E-state index >= 15 is 0 Å². The molecule has 7 heteroatoms.